The third-order valence-corrected chi connectivity index (χ3v) is 11.6. The number of halogens is 2. The summed E-state index contributed by atoms with van der Waals surface area (Å²) in [5.41, 5.74) is 2.84. The first kappa shape index (κ1) is 45.1. The quantitative estimate of drug-likeness (QED) is 0.0633. The van der Waals surface area contributed by atoms with Gasteiger partial charge in [-0.05, 0) is 81.5 Å². The number of rotatable bonds is 20. The summed E-state index contributed by atoms with van der Waals surface area (Å²) in [7, 11) is 3.22. The number of nitrogens with one attached hydrogen (secondary N) is 2. The number of unbranched alkanes of at least 4 members (excludes halogenated alkanes) is 5. The predicted molar refractivity (Wildman–Crippen MR) is 228 cm³/mol. The summed E-state index contributed by atoms with van der Waals surface area (Å²) in [6.07, 6.45) is 7.87. The van der Waals surface area contributed by atoms with Crippen LogP contribution in [0.2, 0.25) is 0 Å². The molecule has 1 aromatic heterocycles. The standard InChI is InChI=1S/C46H58F2N6O7/c1-30(32-13-11-15-34(25-32)46(47,48)29-55)49-44-38-27-39(59-3)43(60-4)37(42(38)50-31(2)51-44)17-9-7-5-6-8-10-20-53-21-23-54(24-22-53)41(57)28-61-35-16-12-14-33(26-35)36-18-19-40(56)52-45(36)58/h11-16,25-27,30,36,55H,5-10,17-24,28-29H2,1-4H3,(H,49,50,51)(H,52,56,58). The highest BCUT2D eigenvalue weighted by Crippen LogP contribution is 2.41. The molecule has 3 amide bonds. The van der Waals surface area contributed by atoms with Crippen LogP contribution in [0.5, 0.6) is 17.2 Å². The van der Waals surface area contributed by atoms with Gasteiger partial charge >= 0.3 is 0 Å². The van der Waals surface area contributed by atoms with Crippen molar-refractivity contribution in [3.63, 3.8) is 0 Å². The zero-order valence-corrected chi connectivity index (χ0v) is 35.6. The summed E-state index contributed by atoms with van der Waals surface area (Å²) >= 11 is 0. The number of hydrogen-bond acceptors (Lipinski definition) is 11. The van der Waals surface area contributed by atoms with Crippen LogP contribution in [0.15, 0.2) is 54.6 Å². The van der Waals surface area contributed by atoms with Crippen LogP contribution in [-0.4, -0.2) is 103 Å². The molecule has 4 aromatic rings. The highest BCUT2D eigenvalue weighted by Gasteiger charge is 2.31. The number of amides is 3. The molecule has 3 aromatic carbocycles. The lowest BCUT2D eigenvalue weighted by atomic mass is 9.90. The zero-order valence-electron chi connectivity index (χ0n) is 35.6. The average molecular weight is 845 g/mol. The van der Waals surface area contributed by atoms with E-state index >= 15 is 0 Å². The number of aryl methyl sites for hydroxylation is 2. The van der Waals surface area contributed by atoms with E-state index in [0.29, 0.717) is 60.4 Å². The van der Waals surface area contributed by atoms with Gasteiger partial charge in [-0.2, -0.15) is 8.78 Å². The Morgan fingerprint density at radius 3 is 2.43 bits per heavy atom. The molecule has 0 radical (unpaired) electrons. The van der Waals surface area contributed by atoms with Crippen molar-refractivity contribution in [3.05, 3.63) is 82.7 Å². The van der Waals surface area contributed by atoms with E-state index in [1.807, 2.05) is 30.9 Å². The second-order valence-corrected chi connectivity index (χ2v) is 15.9. The Labute approximate surface area is 356 Å². The maximum atomic E-state index is 14.3. The summed E-state index contributed by atoms with van der Waals surface area (Å²) < 4.78 is 46.0. The monoisotopic (exact) mass is 844 g/mol. The molecule has 2 unspecified atom stereocenters. The van der Waals surface area contributed by atoms with E-state index in [1.54, 1.807) is 44.6 Å². The topological polar surface area (TPSA) is 155 Å². The fraction of sp³-hybridized carbons (Fsp3) is 0.500. The molecule has 2 fully saturated rings. The fourth-order valence-electron chi connectivity index (χ4n) is 8.17. The Hall–Kier alpha value is -5.41. The van der Waals surface area contributed by atoms with Crippen molar-refractivity contribution < 1.29 is 42.5 Å². The molecule has 0 saturated carbocycles. The normalized spacial score (nSPS) is 16.6. The number of fused-ring (bicyclic) bond motifs is 1. The van der Waals surface area contributed by atoms with Gasteiger partial charge in [-0.25, -0.2) is 9.97 Å². The van der Waals surface area contributed by atoms with Crippen molar-refractivity contribution in [1.29, 1.82) is 0 Å². The van der Waals surface area contributed by atoms with Gasteiger partial charge in [-0.1, -0.05) is 56.0 Å². The second kappa shape index (κ2) is 20.9. The predicted octanol–water partition coefficient (Wildman–Crippen LogP) is 6.84. The first-order valence-electron chi connectivity index (χ1n) is 21.2. The first-order valence-corrected chi connectivity index (χ1v) is 21.2. The summed E-state index contributed by atoms with van der Waals surface area (Å²) in [6, 6.07) is 14.7. The third kappa shape index (κ3) is 11.5. The molecule has 6 rings (SSSR count). The summed E-state index contributed by atoms with van der Waals surface area (Å²) in [5.74, 6) is -1.52. The van der Waals surface area contributed by atoms with E-state index in [9.17, 15) is 28.3 Å². The van der Waals surface area contributed by atoms with Crippen LogP contribution < -0.4 is 24.8 Å². The van der Waals surface area contributed by atoms with Gasteiger partial charge in [0.25, 0.3) is 11.8 Å². The molecule has 13 nitrogen and oxygen atoms in total. The third-order valence-electron chi connectivity index (χ3n) is 11.6. The second-order valence-electron chi connectivity index (χ2n) is 15.9. The highest BCUT2D eigenvalue weighted by atomic mass is 19.3. The van der Waals surface area contributed by atoms with Gasteiger partial charge in [0.05, 0.1) is 25.7 Å². The van der Waals surface area contributed by atoms with Crippen LogP contribution in [0.4, 0.5) is 14.6 Å². The number of methoxy groups -OCH3 is 2. The number of hydrogen-bond donors (Lipinski definition) is 3. The van der Waals surface area contributed by atoms with Crippen LogP contribution in [-0.2, 0) is 26.7 Å². The molecule has 61 heavy (non-hydrogen) atoms. The van der Waals surface area contributed by atoms with Crippen molar-refractivity contribution in [3.8, 4) is 17.2 Å². The number of piperazine rings is 1. The maximum Gasteiger partial charge on any atom is 0.295 e. The number of carbonyl (C=O) groups is 3. The molecule has 2 aliphatic heterocycles. The van der Waals surface area contributed by atoms with Gasteiger partial charge in [-0.15, -0.1) is 0 Å². The molecular formula is C46H58F2N6O7. The molecule has 0 aliphatic carbocycles. The largest absolute Gasteiger partial charge is 0.493 e. The van der Waals surface area contributed by atoms with Crippen molar-refractivity contribution >= 4 is 34.4 Å². The van der Waals surface area contributed by atoms with E-state index in [1.165, 1.54) is 12.1 Å². The number of ether oxygens (including phenoxy) is 3. The molecule has 2 saturated heterocycles. The van der Waals surface area contributed by atoms with Crippen LogP contribution in [0.3, 0.4) is 0 Å². The lowest BCUT2D eigenvalue weighted by molar-refractivity contribution is -0.136. The minimum absolute atomic E-state index is 0.0614. The minimum atomic E-state index is -3.34. The molecular weight excluding hydrogens is 787 g/mol. The maximum absolute atomic E-state index is 14.3. The van der Waals surface area contributed by atoms with Crippen molar-refractivity contribution in [1.82, 2.24) is 25.1 Å². The lowest BCUT2D eigenvalue weighted by Crippen LogP contribution is -2.50. The SMILES string of the molecule is COc1cc2c(NC(C)c3cccc(C(F)(F)CO)c3)nc(C)nc2c(CCCCCCCCN2CCN(C(=O)COc3cccc(C4CCC(=O)NC4=O)c3)CC2)c1OC. The van der Waals surface area contributed by atoms with E-state index in [-0.39, 0.29) is 35.9 Å². The van der Waals surface area contributed by atoms with Gasteiger partial charge < -0.3 is 29.5 Å². The Morgan fingerprint density at radius 1 is 0.967 bits per heavy atom. The van der Waals surface area contributed by atoms with Gasteiger partial charge in [0, 0.05) is 55.2 Å². The average Bonchev–Trinajstić information content (AvgIpc) is 3.26. The smallest absolute Gasteiger partial charge is 0.295 e. The van der Waals surface area contributed by atoms with E-state index in [2.05, 4.69) is 15.5 Å². The van der Waals surface area contributed by atoms with Crippen LogP contribution in [0.1, 0.15) is 98.3 Å². The number of carbonyl (C=O) groups excluding carboxylic acids is 3. The Balaban J connectivity index is 0.933. The minimum Gasteiger partial charge on any atom is -0.493 e. The van der Waals surface area contributed by atoms with Crippen LogP contribution in [0, 0.1) is 6.92 Å². The van der Waals surface area contributed by atoms with Crippen LogP contribution in [0.25, 0.3) is 10.9 Å². The van der Waals surface area contributed by atoms with Gasteiger partial charge in [0.2, 0.25) is 11.8 Å². The van der Waals surface area contributed by atoms with E-state index < -0.39 is 18.4 Å². The fourth-order valence-corrected chi connectivity index (χ4v) is 8.17. The molecule has 3 N–H and O–H groups in total. The number of alkyl halides is 2. The number of benzene rings is 3. The molecule has 2 aliphatic rings. The number of aliphatic hydroxyl groups is 1. The van der Waals surface area contributed by atoms with E-state index in [4.69, 9.17) is 24.2 Å². The first-order chi connectivity index (χ1) is 29.4. The Morgan fingerprint density at radius 2 is 1.70 bits per heavy atom. The summed E-state index contributed by atoms with van der Waals surface area (Å²) in [4.78, 5) is 50.6. The molecule has 15 heteroatoms. The van der Waals surface area contributed by atoms with Crippen molar-refractivity contribution in [2.45, 2.75) is 89.5 Å². The van der Waals surface area contributed by atoms with Crippen molar-refractivity contribution in [2.24, 2.45) is 0 Å². The van der Waals surface area contributed by atoms with Gasteiger partial charge in [0.15, 0.2) is 18.1 Å². The number of aliphatic hydroxyl groups excluding tert-OH is 1. The summed E-state index contributed by atoms with van der Waals surface area (Å²) in [5, 5.41) is 15.8. The highest BCUT2D eigenvalue weighted by molar-refractivity contribution is 6.01. The molecule has 3 heterocycles. The molecule has 328 valence electrons. The zero-order chi connectivity index (χ0) is 43.5. The molecule has 0 bridgehead atoms. The van der Waals surface area contributed by atoms with Crippen LogP contribution >= 0.6 is 0 Å². The number of aromatic nitrogens is 2. The number of imide groups is 1. The Bertz CT molecular complexity index is 2160. The van der Waals surface area contributed by atoms with Crippen molar-refractivity contribution in [2.75, 3.05) is 65.5 Å². The van der Waals surface area contributed by atoms with Gasteiger partial charge in [-0.3, -0.25) is 24.6 Å². The molecule has 2 atom stereocenters. The lowest BCUT2D eigenvalue weighted by Gasteiger charge is -2.34. The number of anilines is 1. The Kier molecular flexibility index (Phi) is 15.5. The number of piperidine rings is 1. The van der Waals surface area contributed by atoms with Gasteiger partial charge in [0.1, 0.15) is 24.0 Å². The molecule has 0 spiro atoms. The summed E-state index contributed by atoms with van der Waals surface area (Å²) in [6.45, 7) is 6.31. The number of nitrogens with zero attached hydrogens (tertiary/aromatic N) is 4. The van der Waals surface area contributed by atoms with E-state index in [0.717, 1.165) is 86.6 Å².